The largest absolute Gasteiger partial charge is 0.312 e. The summed E-state index contributed by atoms with van der Waals surface area (Å²) in [5, 5.41) is 3.37. The molecule has 1 aliphatic heterocycles. The van der Waals surface area contributed by atoms with E-state index in [4.69, 9.17) is 0 Å². The molecule has 0 radical (unpaired) electrons. The Morgan fingerprint density at radius 1 is 1.27 bits per heavy atom. The van der Waals surface area contributed by atoms with Crippen LogP contribution in [0.3, 0.4) is 0 Å². The van der Waals surface area contributed by atoms with Crippen LogP contribution >= 0.6 is 11.3 Å². The van der Waals surface area contributed by atoms with Gasteiger partial charge in [-0.05, 0) is 44.6 Å². The van der Waals surface area contributed by atoms with E-state index in [1.54, 1.807) is 0 Å². The summed E-state index contributed by atoms with van der Waals surface area (Å²) in [5.41, 5.74) is 0. The number of hydrogen-bond acceptors (Lipinski definition) is 3. The molecule has 0 bridgehead atoms. The second kappa shape index (κ2) is 5.64. The van der Waals surface area contributed by atoms with Crippen LogP contribution in [0.15, 0.2) is 12.1 Å². The van der Waals surface area contributed by atoms with Crippen molar-refractivity contribution < 1.29 is 0 Å². The smallest absolute Gasteiger partial charge is 0.0328 e. The molecule has 84 valence electrons. The number of nitrogens with one attached hydrogen (secondary N) is 1. The first-order valence-electron chi connectivity index (χ1n) is 5.89. The van der Waals surface area contributed by atoms with Crippen LogP contribution in [-0.4, -0.2) is 24.5 Å². The van der Waals surface area contributed by atoms with Gasteiger partial charge in [0, 0.05) is 22.8 Å². The van der Waals surface area contributed by atoms with Crippen LogP contribution in [0.2, 0.25) is 0 Å². The van der Waals surface area contributed by atoms with Gasteiger partial charge in [-0.3, -0.25) is 4.90 Å². The highest BCUT2D eigenvalue weighted by Crippen LogP contribution is 2.20. The summed E-state index contributed by atoms with van der Waals surface area (Å²) in [4.78, 5) is 5.54. The Morgan fingerprint density at radius 3 is 2.73 bits per heavy atom. The SMILES string of the molecule is CCNCc1ccc(CN2CCCC2)s1. The lowest BCUT2D eigenvalue weighted by Gasteiger charge is -2.12. The van der Waals surface area contributed by atoms with Crippen LogP contribution in [0.5, 0.6) is 0 Å². The molecule has 1 aromatic rings. The van der Waals surface area contributed by atoms with Crippen molar-refractivity contribution in [3.8, 4) is 0 Å². The van der Waals surface area contributed by atoms with E-state index in [0.29, 0.717) is 0 Å². The summed E-state index contributed by atoms with van der Waals surface area (Å²) < 4.78 is 0. The Hall–Kier alpha value is -0.380. The Balaban J connectivity index is 1.83. The van der Waals surface area contributed by atoms with Gasteiger partial charge in [-0.1, -0.05) is 6.92 Å². The molecule has 1 aliphatic rings. The lowest BCUT2D eigenvalue weighted by molar-refractivity contribution is 0.334. The van der Waals surface area contributed by atoms with Gasteiger partial charge in [0.2, 0.25) is 0 Å². The van der Waals surface area contributed by atoms with Crippen molar-refractivity contribution in [1.82, 2.24) is 10.2 Å². The van der Waals surface area contributed by atoms with E-state index in [2.05, 4.69) is 29.3 Å². The van der Waals surface area contributed by atoms with Crippen molar-refractivity contribution in [1.29, 1.82) is 0 Å². The molecule has 0 saturated carbocycles. The average molecular weight is 224 g/mol. The van der Waals surface area contributed by atoms with E-state index in [1.807, 2.05) is 11.3 Å². The van der Waals surface area contributed by atoms with Gasteiger partial charge in [0.1, 0.15) is 0 Å². The molecule has 1 fully saturated rings. The van der Waals surface area contributed by atoms with Crippen molar-refractivity contribution in [3.63, 3.8) is 0 Å². The van der Waals surface area contributed by atoms with Gasteiger partial charge in [0.05, 0.1) is 0 Å². The monoisotopic (exact) mass is 224 g/mol. The number of nitrogens with zero attached hydrogens (tertiary/aromatic N) is 1. The fraction of sp³-hybridized carbons (Fsp3) is 0.667. The molecule has 0 unspecified atom stereocenters. The van der Waals surface area contributed by atoms with Gasteiger partial charge in [-0.15, -0.1) is 11.3 Å². The molecule has 1 aromatic heterocycles. The minimum absolute atomic E-state index is 1.03. The molecule has 15 heavy (non-hydrogen) atoms. The van der Waals surface area contributed by atoms with Gasteiger partial charge in [-0.25, -0.2) is 0 Å². The van der Waals surface area contributed by atoms with E-state index in [1.165, 1.54) is 35.7 Å². The lowest BCUT2D eigenvalue weighted by atomic mass is 10.4. The molecule has 0 spiro atoms. The summed E-state index contributed by atoms with van der Waals surface area (Å²) in [6, 6.07) is 4.55. The highest BCUT2D eigenvalue weighted by atomic mass is 32.1. The summed E-state index contributed by atoms with van der Waals surface area (Å²) in [5.74, 6) is 0. The Bertz CT molecular complexity index is 290. The van der Waals surface area contributed by atoms with E-state index >= 15 is 0 Å². The van der Waals surface area contributed by atoms with E-state index < -0.39 is 0 Å². The molecule has 0 atom stereocenters. The first-order chi connectivity index (χ1) is 7.38. The molecule has 2 nitrogen and oxygen atoms in total. The standard InChI is InChI=1S/C12H20N2S/c1-2-13-9-11-5-6-12(15-11)10-14-7-3-4-8-14/h5-6,13H,2-4,7-10H2,1H3. The van der Waals surface area contributed by atoms with Crippen molar-refractivity contribution in [2.45, 2.75) is 32.9 Å². The minimum atomic E-state index is 1.03. The van der Waals surface area contributed by atoms with Crippen LogP contribution in [0, 0.1) is 0 Å². The van der Waals surface area contributed by atoms with Crippen LogP contribution in [0.1, 0.15) is 29.5 Å². The zero-order chi connectivity index (χ0) is 10.5. The Kier molecular flexibility index (Phi) is 4.18. The van der Waals surface area contributed by atoms with E-state index in [-0.39, 0.29) is 0 Å². The Labute approximate surface area is 96.3 Å². The van der Waals surface area contributed by atoms with Crippen LogP contribution < -0.4 is 5.32 Å². The second-order valence-corrected chi connectivity index (χ2v) is 5.38. The first-order valence-corrected chi connectivity index (χ1v) is 6.71. The topological polar surface area (TPSA) is 15.3 Å². The fourth-order valence-electron chi connectivity index (χ4n) is 2.01. The van der Waals surface area contributed by atoms with Gasteiger partial charge < -0.3 is 5.32 Å². The predicted octanol–water partition coefficient (Wildman–Crippen LogP) is 2.45. The zero-order valence-electron chi connectivity index (χ0n) is 9.46. The van der Waals surface area contributed by atoms with E-state index in [9.17, 15) is 0 Å². The number of likely N-dealkylation sites (tertiary alicyclic amines) is 1. The lowest BCUT2D eigenvalue weighted by Crippen LogP contribution is -2.17. The van der Waals surface area contributed by atoms with Gasteiger partial charge in [-0.2, -0.15) is 0 Å². The third-order valence-corrected chi connectivity index (χ3v) is 3.91. The molecule has 2 heterocycles. The first kappa shape index (κ1) is 11.1. The maximum Gasteiger partial charge on any atom is 0.0328 e. The minimum Gasteiger partial charge on any atom is -0.312 e. The zero-order valence-corrected chi connectivity index (χ0v) is 10.3. The third-order valence-electron chi connectivity index (χ3n) is 2.84. The molecule has 0 amide bonds. The normalized spacial score (nSPS) is 17.4. The molecular formula is C12H20N2S. The maximum atomic E-state index is 3.37. The third kappa shape index (κ3) is 3.30. The highest BCUT2D eigenvalue weighted by Gasteiger charge is 2.12. The molecule has 0 aromatic carbocycles. The highest BCUT2D eigenvalue weighted by molar-refractivity contribution is 7.11. The molecule has 0 aliphatic carbocycles. The second-order valence-electron chi connectivity index (χ2n) is 4.13. The van der Waals surface area contributed by atoms with Gasteiger partial charge in [0.15, 0.2) is 0 Å². The molecular weight excluding hydrogens is 204 g/mol. The predicted molar refractivity (Wildman–Crippen MR) is 66.2 cm³/mol. The van der Waals surface area contributed by atoms with Crippen molar-refractivity contribution in [2.75, 3.05) is 19.6 Å². The summed E-state index contributed by atoms with van der Waals surface area (Å²) in [7, 11) is 0. The van der Waals surface area contributed by atoms with Crippen molar-refractivity contribution in [3.05, 3.63) is 21.9 Å². The molecule has 2 rings (SSSR count). The average Bonchev–Trinajstić information content (AvgIpc) is 2.87. The maximum absolute atomic E-state index is 3.37. The summed E-state index contributed by atoms with van der Waals surface area (Å²) in [6.07, 6.45) is 2.77. The quantitative estimate of drug-likeness (QED) is 0.826. The van der Waals surface area contributed by atoms with Gasteiger partial charge >= 0.3 is 0 Å². The van der Waals surface area contributed by atoms with Crippen molar-refractivity contribution >= 4 is 11.3 Å². The number of thiophene rings is 1. The fourth-order valence-corrected chi connectivity index (χ4v) is 3.04. The molecule has 1 saturated heterocycles. The number of hydrogen-bond donors (Lipinski definition) is 1. The summed E-state index contributed by atoms with van der Waals surface area (Å²) >= 11 is 1.96. The van der Waals surface area contributed by atoms with Crippen molar-refractivity contribution in [2.24, 2.45) is 0 Å². The van der Waals surface area contributed by atoms with Crippen LogP contribution in [0.25, 0.3) is 0 Å². The molecule has 3 heteroatoms. The van der Waals surface area contributed by atoms with Crippen LogP contribution in [0.4, 0.5) is 0 Å². The summed E-state index contributed by atoms with van der Waals surface area (Å²) in [6.45, 7) is 7.98. The van der Waals surface area contributed by atoms with E-state index in [0.717, 1.165) is 19.6 Å². The molecule has 1 N–H and O–H groups in total. The van der Waals surface area contributed by atoms with Crippen LogP contribution in [-0.2, 0) is 13.1 Å². The van der Waals surface area contributed by atoms with Gasteiger partial charge in [0.25, 0.3) is 0 Å². The number of rotatable bonds is 5. The Morgan fingerprint density at radius 2 is 2.00 bits per heavy atom.